The zero-order valence-electron chi connectivity index (χ0n) is 17.6. The highest BCUT2D eigenvalue weighted by atomic mass is 19.1. The van der Waals surface area contributed by atoms with Gasteiger partial charge in [-0.1, -0.05) is 0 Å². The minimum atomic E-state index is -1.30. The Bertz CT molecular complexity index is 1050. The van der Waals surface area contributed by atoms with Gasteiger partial charge >= 0.3 is 5.97 Å². The molecule has 1 saturated heterocycles. The van der Waals surface area contributed by atoms with E-state index in [0.29, 0.717) is 48.6 Å². The number of nitrogens with zero attached hydrogens (tertiary/aromatic N) is 2. The molecule has 2 aliphatic rings. The van der Waals surface area contributed by atoms with Crippen molar-refractivity contribution in [3.05, 3.63) is 33.9 Å². The van der Waals surface area contributed by atoms with Crippen molar-refractivity contribution in [3.63, 3.8) is 0 Å². The van der Waals surface area contributed by atoms with E-state index in [1.807, 2.05) is 18.9 Å². The summed E-state index contributed by atoms with van der Waals surface area (Å²) in [6, 6.07) is 1.59. The van der Waals surface area contributed by atoms with Crippen LogP contribution in [0.2, 0.25) is 0 Å². The van der Waals surface area contributed by atoms with E-state index in [2.05, 4.69) is 12.2 Å². The molecule has 2 aromatic rings. The lowest BCUT2D eigenvalue weighted by atomic mass is 10.0. The van der Waals surface area contributed by atoms with Crippen molar-refractivity contribution < 1.29 is 19.0 Å². The SMILES string of the molecule is CCOc1c(N2CCC(C(C)NC)C2)c(F)cc2c(=O)c(C(=O)O)cn(C3CC3)c12. The van der Waals surface area contributed by atoms with Crippen LogP contribution >= 0.6 is 0 Å². The lowest BCUT2D eigenvalue weighted by molar-refractivity contribution is 0.0694. The van der Waals surface area contributed by atoms with Crippen LogP contribution < -0.4 is 20.4 Å². The molecule has 0 spiro atoms. The van der Waals surface area contributed by atoms with Crippen molar-refractivity contribution >= 4 is 22.6 Å². The Balaban J connectivity index is 1.94. The number of carboxylic acid groups (broad SMARTS) is 1. The highest BCUT2D eigenvalue weighted by Crippen LogP contribution is 2.44. The summed E-state index contributed by atoms with van der Waals surface area (Å²) in [5.41, 5.74) is -0.153. The second kappa shape index (κ2) is 7.91. The van der Waals surface area contributed by atoms with Crippen LogP contribution in [-0.4, -0.2) is 48.4 Å². The number of aromatic nitrogens is 1. The van der Waals surface area contributed by atoms with Gasteiger partial charge in [0, 0.05) is 31.4 Å². The van der Waals surface area contributed by atoms with Crippen molar-refractivity contribution in [2.24, 2.45) is 5.92 Å². The molecule has 4 rings (SSSR count). The van der Waals surface area contributed by atoms with Crippen molar-refractivity contribution in [2.45, 2.75) is 45.2 Å². The molecule has 2 heterocycles. The van der Waals surface area contributed by atoms with Gasteiger partial charge in [-0.2, -0.15) is 0 Å². The molecule has 2 N–H and O–H groups in total. The topological polar surface area (TPSA) is 83.8 Å². The molecule has 1 aromatic heterocycles. The zero-order valence-corrected chi connectivity index (χ0v) is 17.6. The minimum absolute atomic E-state index is 0.0610. The van der Waals surface area contributed by atoms with Gasteiger partial charge in [-0.3, -0.25) is 4.79 Å². The lowest BCUT2D eigenvalue weighted by Crippen LogP contribution is -2.33. The summed E-state index contributed by atoms with van der Waals surface area (Å²) in [6.07, 6.45) is 4.10. The Morgan fingerprint density at radius 2 is 2.13 bits per heavy atom. The quantitative estimate of drug-likeness (QED) is 0.721. The van der Waals surface area contributed by atoms with Gasteiger partial charge in [0.15, 0.2) is 11.6 Å². The van der Waals surface area contributed by atoms with E-state index in [1.165, 1.54) is 12.3 Å². The first-order valence-corrected chi connectivity index (χ1v) is 10.6. The number of benzene rings is 1. The first-order valence-electron chi connectivity index (χ1n) is 10.6. The number of hydrogen-bond donors (Lipinski definition) is 2. The number of hydrogen-bond acceptors (Lipinski definition) is 5. The Morgan fingerprint density at radius 3 is 2.73 bits per heavy atom. The Morgan fingerprint density at radius 1 is 1.40 bits per heavy atom. The number of aromatic carboxylic acids is 1. The number of nitrogens with one attached hydrogen (secondary N) is 1. The Labute approximate surface area is 174 Å². The highest BCUT2D eigenvalue weighted by molar-refractivity contribution is 5.97. The third-order valence-corrected chi connectivity index (χ3v) is 6.36. The van der Waals surface area contributed by atoms with Gasteiger partial charge in [0.05, 0.1) is 17.5 Å². The number of anilines is 1. The average molecular weight is 417 g/mol. The van der Waals surface area contributed by atoms with Crippen molar-refractivity contribution in [3.8, 4) is 5.75 Å². The maximum absolute atomic E-state index is 15.4. The molecule has 0 radical (unpaired) electrons. The predicted octanol–water partition coefficient (Wildman–Crippen LogP) is 3.01. The van der Waals surface area contributed by atoms with E-state index in [4.69, 9.17) is 4.74 Å². The van der Waals surface area contributed by atoms with Crippen molar-refractivity contribution in [1.82, 2.24) is 9.88 Å². The van der Waals surface area contributed by atoms with Gasteiger partial charge in [0.1, 0.15) is 11.3 Å². The van der Waals surface area contributed by atoms with Crippen LogP contribution in [0, 0.1) is 11.7 Å². The van der Waals surface area contributed by atoms with Crippen molar-refractivity contribution in [1.29, 1.82) is 0 Å². The summed E-state index contributed by atoms with van der Waals surface area (Å²) in [5.74, 6) is -1.14. The van der Waals surface area contributed by atoms with Crippen LogP contribution in [-0.2, 0) is 0 Å². The fourth-order valence-electron chi connectivity index (χ4n) is 4.45. The number of pyridine rings is 1. The summed E-state index contributed by atoms with van der Waals surface area (Å²) < 4.78 is 23.1. The van der Waals surface area contributed by atoms with Crippen LogP contribution in [0.5, 0.6) is 5.75 Å². The standard InChI is InChI=1S/C22H28FN3O4/c1-4-30-21-18-15(20(27)16(22(28)29)11-26(18)14-5-6-14)9-17(23)19(21)25-8-7-13(10-25)12(2)24-3/h9,11-14,24H,4-8,10H2,1-3H3,(H,28,29). The molecule has 2 atom stereocenters. The summed E-state index contributed by atoms with van der Waals surface area (Å²) in [4.78, 5) is 26.4. The van der Waals surface area contributed by atoms with E-state index in [-0.39, 0.29) is 17.0 Å². The molecule has 1 aromatic carbocycles. The van der Waals surface area contributed by atoms with Gasteiger partial charge in [-0.15, -0.1) is 0 Å². The van der Waals surface area contributed by atoms with E-state index in [1.54, 1.807) is 4.57 Å². The molecule has 1 aliphatic heterocycles. The summed E-state index contributed by atoms with van der Waals surface area (Å²) in [5, 5.41) is 12.8. The monoisotopic (exact) mass is 417 g/mol. The van der Waals surface area contributed by atoms with E-state index < -0.39 is 17.2 Å². The first kappa shape index (κ1) is 20.7. The number of ether oxygens (including phenoxy) is 1. The molecule has 30 heavy (non-hydrogen) atoms. The average Bonchev–Trinajstić information content (AvgIpc) is 3.45. The number of fused-ring (bicyclic) bond motifs is 1. The highest BCUT2D eigenvalue weighted by Gasteiger charge is 2.34. The molecular weight excluding hydrogens is 389 g/mol. The second-order valence-electron chi connectivity index (χ2n) is 8.25. The number of halogens is 1. The molecule has 7 nitrogen and oxygen atoms in total. The zero-order chi connectivity index (χ0) is 21.6. The third-order valence-electron chi connectivity index (χ3n) is 6.36. The fourth-order valence-corrected chi connectivity index (χ4v) is 4.45. The molecule has 8 heteroatoms. The van der Waals surface area contributed by atoms with Gasteiger partial charge in [0.2, 0.25) is 5.43 Å². The van der Waals surface area contributed by atoms with Gasteiger partial charge in [-0.25, -0.2) is 9.18 Å². The smallest absolute Gasteiger partial charge is 0.341 e. The molecule has 2 unspecified atom stereocenters. The summed E-state index contributed by atoms with van der Waals surface area (Å²) in [7, 11) is 1.92. The summed E-state index contributed by atoms with van der Waals surface area (Å²) in [6.45, 7) is 5.63. The Kier molecular flexibility index (Phi) is 5.44. The maximum Gasteiger partial charge on any atom is 0.341 e. The van der Waals surface area contributed by atoms with Crippen LogP contribution in [0.1, 0.15) is 49.5 Å². The lowest BCUT2D eigenvalue weighted by Gasteiger charge is -2.26. The Hall–Kier alpha value is -2.61. The van der Waals surface area contributed by atoms with Gasteiger partial charge in [-0.05, 0) is 52.1 Å². The molecular formula is C22H28FN3O4. The largest absolute Gasteiger partial charge is 0.489 e. The summed E-state index contributed by atoms with van der Waals surface area (Å²) >= 11 is 0. The van der Waals surface area contributed by atoms with Crippen LogP contribution in [0.25, 0.3) is 10.9 Å². The normalized spacial score (nSPS) is 20.0. The third kappa shape index (κ3) is 3.43. The van der Waals surface area contributed by atoms with E-state index in [0.717, 1.165) is 19.3 Å². The molecule has 1 saturated carbocycles. The minimum Gasteiger partial charge on any atom is -0.489 e. The first-order chi connectivity index (χ1) is 14.4. The van der Waals surface area contributed by atoms with Gasteiger partial charge in [0.25, 0.3) is 0 Å². The maximum atomic E-state index is 15.4. The number of rotatable bonds is 7. The molecule has 1 aliphatic carbocycles. The van der Waals surface area contributed by atoms with Gasteiger partial charge < -0.3 is 24.6 Å². The molecule has 0 amide bonds. The molecule has 0 bridgehead atoms. The molecule has 162 valence electrons. The van der Waals surface area contributed by atoms with E-state index in [9.17, 15) is 14.7 Å². The fraction of sp³-hybridized carbons (Fsp3) is 0.545. The number of carboxylic acids is 1. The van der Waals surface area contributed by atoms with Crippen LogP contribution in [0.15, 0.2) is 17.1 Å². The number of carbonyl (C=O) groups is 1. The molecule has 2 fully saturated rings. The second-order valence-corrected chi connectivity index (χ2v) is 8.25. The predicted molar refractivity (Wildman–Crippen MR) is 113 cm³/mol. The van der Waals surface area contributed by atoms with E-state index >= 15 is 4.39 Å². The van der Waals surface area contributed by atoms with Crippen LogP contribution in [0.4, 0.5) is 10.1 Å². The van der Waals surface area contributed by atoms with Crippen LogP contribution in [0.3, 0.4) is 0 Å². The van der Waals surface area contributed by atoms with Crippen molar-refractivity contribution in [2.75, 3.05) is 31.6 Å².